The van der Waals surface area contributed by atoms with Crippen molar-refractivity contribution in [2.24, 2.45) is 5.41 Å². The Balaban J connectivity index is 2.71. The van der Waals surface area contributed by atoms with Crippen LogP contribution in [0.2, 0.25) is 5.02 Å². The van der Waals surface area contributed by atoms with Crippen molar-refractivity contribution < 1.29 is 4.74 Å². The third-order valence-corrected chi connectivity index (χ3v) is 3.57. The number of benzene rings is 1. The third kappa shape index (κ3) is 4.07. The molecule has 0 aromatic heterocycles. The molecule has 3 N–H and O–H groups in total. The first kappa shape index (κ1) is 15.1. The summed E-state index contributed by atoms with van der Waals surface area (Å²) < 4.78 is 5.12. The van der Waals surface area contributed by atoms with Crippen molar-refractivity contribution in [1.29, 1.82) is 0 Å². The smallest absolute Gasteiger partial charge is 0.0618 e. The van der Waals surface area contributed by atoms with E-state index in [-0.39, 0.29) is 5.41 Å². The van der Waals surface area contributed by atoms with E-state index in [9.17, 15) is 0 Å². The zero-order chi connectivity index (χ0) is 13.8. The van der Waals surface area contributed by atoms with Gasteiger partial charge in [0.05, 0.1) is 11.4 Å². The summed E-state index contributed by atoms with van der Waals surface area (Å²) in [6, 6.07) is 3.66. The molecule has 0 amide bonds. The lowest BCUT2D eigenvalue weighted by Gasteiger charge is -2.26. The Morgan fingerprint density at radius 1 is 1.39 bits per heavy atom. The molecule has 0 unspecified atom stereocenters. The van der Waals surface area contributed by atoms with Gasteiger partial charge in [0, 0.05) is 25.3 Å². The van der Waals surface area contributed by atoms with Crippen LogP contribution in [0, 0.1) is 12.3 Å². The first-order valence-corrected chi connectivity index (χ1v) is 6.52. The van der Waals surface area contributed by atoms with Crippen molar-refractivity contribution >= 4 is 23.0 Å². The number of hydrogen-bond acceptors (Lipinski definition) is 3. The fraction of sp³-hybridized carbons (Fsp3) is 0.571. The summed E-state index contributed by atoms with van der Waals surface area (Å²) in [5.41, 5.74) is 8.80. The lowest BCUT2D eigenvalue weighted by atomic mass is 9.89. The molecule has 0 aliphatic rings. The SMILES string of the molecule is COCCC(C)(C)CNc1c(N)ccc(Cl)c1C. The monoisotopic (exact) mass is 270 g/mol. The molecular formula is C14H23ClN2O. The van der Waals surface area contributed by atoms with E-state index >= 15 is 0 Å². The van der Waals surface area contributed by atoms with Gasteiger partial charge in [-0.1, -0.05) is 25.4 Å². The van der Waals surface area contributed by atoms with Gasteiger partial charge in [-0.05, 0) is 36.5 Å². The van der Waals surface area contributed by atoms with Crippen LogP contribution in [0.15, 0.2) is 12.1 Å². The number of nitrogen functional groups attached to an aromatic ring is 1. The fourth-order valence-electron chi connectivity index (χ4n) is 1.74. The van der Waals surface area contributed by atoms with Crippen molar-refractivity contribution in [3.05, 3.63) is 22.7 Å². The second-order valence-corrected chi connectivity index (χ2v) is 5.80. The first-order valence-electron chi connectivity index (χ1n) is 6.15. The molecule has 0 aliphatic heterocycles. The second-order valence-electron chi connectivity index (χ2n) is 5.40. The summed E-state index contributed by atoms with van der Waals surface area (Å²) in [6.45, 7) is 7.98. The van der Waals surface area contributed by atoms with E-state index in [1.165, 1.54) is 0 Å². The maximum absolute atomic E-state index is 6.10. The van der Waals surface area contributed by atoms with Crippen LogP contribution < -0.4 is 11.1 Å². The number of nitrogens with one attached hydrogen (secondary N) is 1. The lowest BCUT2D eigenvalue weighted by molar-refractivity contribution is 0.157. The number of ether oxygens (including phenoxy) is 1. The van der Waals surface area contributed by atoms with Gasteiger partial charge in [0.25, 0.3) is 0 Å². The molecule has 3 nitrogen and oxygen atoms in total. The highest BCUT2D eigenvalue weighted by molar-refractivity contribution is 6.31. The maximum Gasteiger partial charge on any atom is 0.0618 e. The number of nitrogens with two attached hydrogens (primary N) is 1. The minimum Gasteiger partial charge on any atom is -0.397 e. The third-order valence-electron chi connectivity index (χ3n) is 3.16. The van der Waals surface area contributed by atoms with Crippen molar-refractivity contribution in [2.75, 3.05) is 31.3 Å². The number of anilines is 2. The predicted molar refractivity (Wildman–Crippen MR) is 79.4 cm³/mol. The molecule has 1 aromatic carbocycles. The van der Waals surface area contributed by atoms with E-state index in [2.05, 4.69) is 19.2 Å². The van der Waals surface area contributed by atoms with Gasteiger partial charge in [0.1, 0.15) is 0 Å². The number of halogens is 1. The zero-order valence-electron chi connectivity index (χ0n) is 11.6. The molecule has 0 heterocycles. The molecule has 0 saturated carbocycles. The molecule has 4 heteroatoms. The molecule has 1 rings (SSSR count). The minimum absolute atomic E-state index is 0.150. The Labute approximate surface area is 115 Å². The van der Waals surface area contributed by atoms with Crippen LogP contribution in [0.5, 0.6) is 0 Å². The average Bonchev–Trinajstić information content (AvgIpc) is 2.31. The summed E-state index contributed by atoms with van der Waals surface area (Å²) in [4.78, 5) is 0. The molecule has 0 saturated heterocycles. The van der Waals surface area contributed by atoms with Crippen LogP contribution in [0.3, 0.4) is 0 Å². The van der Waals surface area contributed by atoms with E-state index in [0.717, 1.165) is 41.5 Å². The highest BCUT2D eigenvalue weighted by Crippen LogP contribution is 2.31. The van der Waals surface area contributed by atoms with Crippen LogP contribution in [-0.2, 0) is 4.74 Å². The summed E-state index contributed by atoms with van der Waals surface area (Å²) in [5, 5.41) is 4.14. The number of hydrogen-bond donors (Lipinski definition) is 2. The Morgan fingerprint density at radius 3 is 2.67 bits per heavy atom. The molecule has 0 radical (unpaired) electrons. The second kappa shape index (κ2) is 6.30. The Bertz CT molecular complexity index is 405. The van der Waals surface area contributed by atoms with E-state index in [4.69, 9.17) is 22.1 Å². The molecule has 0 atom stereocenters. The van der Waals surface area contributed by atoms with Gasteiger partial charge in [-0.25, -0.2) is 0 Å². The molecule has 0 spiro atoms. The lowest BCUT2D eigenvalue weighted by Crippen LogP contribution is -2.25. The number of methoxy groups -OCH3 is 1. The van der Waals surface area contributed by atoms with Gasteiger partial charge in [0.2, 0.25) is 0 Å². The summed E-state index contributed by atoms with van der Waals surface area (Å²) in [6.07, 6.45) is 0.996. The van der Waals surface area contributed by atoms with Crippen LogP contribution >= 0.6 is 11.6 Å². The molecule has 102 valence electrons. The van der Waals surface area contributed by atoms with E-state index in [1.807, 2.05) is 19.1 Å². The Kier molecular flexibility index (Phi) is 5.29. The molecular weight excluding hydrogens is 248 g/mol. The zero-order valence-corrected chi connectivity index (χ0v) is 12.4. The van der Waals surface area contributed by atoms with Gasteiger partial charge in [-0.3, -0.25) is 0 Å². The topological polar surface area (TPSA) is 47.3 Å². The van der Waals surface area contributed by atoms with Gasteiger partial charge in [0.15, 0.2) is 0 Å². The summed E-state index contributed by atoms with van der Waals surface area (Å²) in [5.74, 6) is 0. The molecule has 1 aromatic rings. The van der Waals surface area contributed by atoms with E-state index < -0.39 is 0 Å². The van der Waals surface area contributed by atoms with Crippen LogP contribution in [0.4, 0.5) is 11.4 Å². The van der Waals surface area contributed by atoms with Crippen molar-refractivity contribution in [1.82, 2.24) is 0 Å². The van der Waals surface area contributed by atoms with E-state index in [1.54, 1.807) is 7.11 Å². The van der Waals surface area contributed by atoms with E-state index in [0.29, 0.717) is 0 Å². The summed E-state index contributed by atoms with van der Waals surface area (Å²) in [7, 11) is 1.72. The number of rotatable bonds is 6. The Hall–Kier alpha value is -0.930. The van der Waals surface area contributed by atoms with Crippen LogP contribution in [0.25, 0.3) is 0 Å². The average molecular weight is 271 g/mol. The van der Waals surface area contributed by atoms with Gasteiger partial charge >= 0.3 is 0 Å². The van der Waals surface area contributed by atoms with Crippen LogP contribution in [-0.4, -0.2) is 20.3 Å². The highest BCUT2D eigenvalue weighted by Gasteiger charge is 2.18. The van der Waals surface area contributed by atoms with Gasteiger partial charge < -0.3 is 15.8 Å². The molecule has 0 aliphatic carbocycles. The standard InChI is InChI=1S/C14H23ClN2O/c1-10-11(15)5-6-12(16)13(10)17-9-14(2,3)7-8-18-4/h5-6,17H,7-9,16H2,1-4H3. The summed E-state index contributed by atoms with van der Waals surface area (Å²) >= 11 is 6.10. The fourth-order valence-corrected chi connectivity index (χ4v) is 1.89. The molecule has 18 heavy (non-hydrogen) atoms. The quantitative estimate of drug-likeness (QED) is 0.775. The van der Waals surface area contributed by atoms with Crippen molar-refractivity contribution in [3.63, 3.8) is 0 Å². The highest BCUT2D eigenvalue weighted by atomic mass is 35.5. The van der Waals surface area contributed by atoms with Crippen molar-refractivity contribution in [3.8, 4) is 0 Å². The van der Waals surface area contributed by atoms with Gasteiger partial charge in [-0.2, -0.15) is 0 Å². The normalized spacial score (nSPS) is 11.6. The molecule has 0 bridgehead atoms. The first-order chi connectivity index (χ1) is 8.37. The van der Waals surface area contributed by atoms with Gasteiger partial charge in [-0.15, -0.1) is 0 Å². The van der Waals surface area contributed by atoms with Crippen LogP contribution in [0.1, 0.15) is 25.8 Å². The predicted octanol–water partition coefficient (Wildman–Crippen LogP) is 3.71. The largest absolute Gasteiger partial charge is 0.397 e. The maximum atomic E-state index is 6.10. The minimum atomic E-state index is 0.150. The Morgan fingerprint density at radius 2 is 2.06 bits per heavy atom. The molecule has 0 fully saturated rings. The van der Waals surface area contributed by atoms with Crippen molar-refractivity contribution in [2.45, 2.75) is 27.2 Å².